The largest absolute Gasteiger partial charge is 0.497 e. The number of alkyl halides is 3. The Labute approximate surface area is 193 Å². The number of halogens is 3. The normalized spacial score (nSPS) is 13.4. The number of rotatable bonds is 6. The van der Waals surface area contributed by atoms with Crippen molar-refractivity contribution >= 4 is 17.6 Å². The third-order valence-electron chi connectivity index (χ3n) is 4.72. The first-order valence-corrected chi connectivity index (χ1v) is 9.77. The highest BCUT2D eigenvalue weighted by molar-refractivity contribution is 6.05. The van der Waals surface area contributed by atoms with Gasteiger partial charge in [0, 0.05) is 6.20 Å². The number of ether oxygens (including phenoxy) is 4. The van der Waals surface area contributed by atoms with Crippen LogP contribution in [-0.2, 0) is 25.2 Å². The highest BCUT2D eigenvalue weighted by Crippen LogP contribution is 2.41. The number of carbonyl (C=O) groups excluding carboxylic acids is 2. The molecule has 7 nitrogen and oxygen atoms in total. The van der Waals surface area contributed by atoms with Crippen LogP contribution in [0.2, 0.25) is 0 Å². The number of methoxy groups -OCH3 is 3. The molecule has 2 aromatic rings. The van der Waals surface area contributed by atoms with Crippen LogP contribution in [0.1, 0.15) is 5.56 Å². The molecule has 0 atom stereocenters. The lowest BCUT2D eigenvalue weighted by Crippen LogP contribution is -2.27. The second-order valence-corrected chi connectivity index (χ2v) is 6.77. The van der Waals surface area contributed by atoms with Crippen LogP contribution in [0.25, 0.3) is 0 Å². The number of anilines is 1. The van der Waals surface area contributed by atoms with Gasteiger partial charge in [-0.2, -0.15) is 13.2 Å². The number of esters is 2. The molecule has 0 unspecified atom stereocenters. The molecule has 0 radical (unpaired) electrons. The predicted octanol–water partition coefficient (Wildman–Crippen LogP) is 5.00. The van der Waals surface area contributed by atoms with Crippen LogP contribution in [0, 0.1) is 0 Å². The zero-order chi connectivity index (χ0) is 24.9. The number of hydrogen-bond donors (Lipinski definition) is 0. The molecule has 0 amide bonds. The van der Waals surface area contributed by atoms with Gasteiger partial charge in [0.05, 0.1) is 38.2 Å². The second kappa shape index (κ2) is 10.2. The fourth-order valence-corrected chi connectivity index (χ4v) is 3.09. The van der Waals surface area contributed by atoms with Crippen molar-refractivity contribution in [3.05, 3.63) is 83.7 Å². The molecule has 2 aromatic carbocycles. The quantitative estimate of drug-likeness (QED) is 0.545. The molecule has 0 fully saturated rings. The van der Waals surface area contributed by atoms with E-state index < -0.39 is 23.7 Å². The van der Waals surface area contributed by atoms with Gasteiger partial charge in [0.2, 0.25) is 0 Å². The summed E-state index contributed by atoms with van der Waals surface area (Å²) in [4.78, 5) is 26.1. The molecule has 0 saturated carbocycles. The Balaban J connectivity index is 2.22. The van der Waals surface area contributed by atoms with E-state index in [0.29, 0.717) is 11.5 Å². The van der Waals surface area contributed by atoms with Crippen LogP contribution < -0.4 is 14.4 Å². The van der Waals surface area contributed by atoms with Crippen LogP contribution in [0.4, 0.5) is 18.9 Å². The van der Waals surface area contributed by atoms with Crippen LogP contribution in [-0.4, -0.2) is 33.3 Å². The Morgan fingerprint density at radius 1 is 0.853 bits per heavy atom. The first-order chi connectivity index (χ1) is 16.2. The number of benzene rings is 2. The fraction of sp³-hybridized carbons (Fsp3) is 0.167. The van der Waals surface area contributed by atoms with Gasteiger partial charge in [0.1, 0.15) is 17.2 Å². The zero-order valence-electron chi connectivity index (χ0n) is 18.4. The van der Waals surface area contributed by atoms with Crippen LogP contribution in [0.5, 0.6) is 17.2 Å². The fourth-order valence-electron chi connectivity index (χ4n) is 3.09. The maximum atomic E-state index is 13.6. The standard InChI is InChI=1S/C24H20F3NO6/c1-31-16-8-10-17(11-9-16)34-20-12-7-15(24(25,26)27)14-19(20)28-13-5-4-6-18(22(29)32-2)21(28)23(30)33-3/h4-14H,1-3H3. The maximum Gasteiger partial charge on any atom is 0.416 e. The molecule has 34 heavy (non-hydrogen) atoms. The van der Waals surface area contributed by atoms with Crippen molar-refractivity contribution < 1.29 is 41.7 Å². The second-order valence-electron chi connectivity index (χ2n) is 6.77. The molecule has 1 heterocycles. The predicted molar refractivity (Wildman–Crippen MR) is 116 cm³/mol. The van der Waals surface area contributed by atoms with Crippen molar-refractivity contribution in [1.82, 2.24) is 0 Å². The monoisotopic (exact) mass is 475 g/mol. The van der Waals surface area contributed by atoms with Gasteiger partial charge in [-0.25, -0.2) is 9.59 Å². The minimum Gasteiger partial charge on any atom is -0.497 e. The third-order valence-corrected chi connectivity index (χ3v) is 4.72. The van der Waals surface area contributed by atoms with Crippen molar-refractivity contribution in [2.24, 2.45) is 0 Å². The average molecular weight is 475 g/mol. The topological polar surface area (TPSA) is 74.3 Å². The van der Waals surface area contributed by atoms with Gasteiger partial charge >= 0.3 is 18.1 Å². The highest BCUT2D eigenvalue weighted by Gasteiger charge is 2.34. The summed E-state index contributed by atoms with van der Waals surface area (Å²) in [6, 6.07) is 9.15. The van der Waals surface area contributed by atoms with Crippen molar-refractivity contribution in [3.8, 4) is 17.2 Å². The molecule has 0 N–H and O–H groups in total. The lowest BCUT2D eigenvalue weighted by molar-refractivity contribution is -0.139. The Bertz CT molecular complexity index is 1170. The molecular weight excluding hydrogens is 455 g/mol. The molecule has 1 aliphatic heterocycles. The average Bonchev–Trinajstić information content (AvgIpc) is 3.06. The van der Waals surface area contributed by atoms with Gasteiger partial charge in [-0.15, -0.1) is 0 Å². The van der Waals surface area contributed by atoms with Gasteiger partial charge in [-0.3, -0.25) is 0 Å². The summed E-state index contributed by atoms with van der Waals surface area (Å²) in [6.45, 7) is 0. The van der Waals surface area contributed by atoms with E-state index in [0.717, 1.165) is 37.3 Å². The minimum absolute atomic E-state index is 0.0182. The van der Waals surface area contributed by atoms with E-state index in [9.17, 15) is 22.8 Å². The summed E-state index contributed by atoms with van der Waals surface area (Å²) in [5.74, 6) is -1.01. The number of carbonyl (C=O) groups is 2. The summed E-state index contributed by atoms with van der Waals surface area (Å²) in [6.07, 6.45) is 0.811. The summed E-state index contributed by atoms with van der Waals surface area (Å²) in [7, 11) is 3.69. The SMILES string of the molecule is COC(=O)C1=C(C(=O)OC)N(c2cc(C(F)(F)F)ccc2Oc2ccc(OC)cc2)C=CC=C1. The van der Waals surface area contributed by atoms with E-state index in [4.69, 9.17) is 18.9 Å². The van der Waals surface area contributed by atoms with E-state index in [2.05, 4.69) is 0 Å². The summed E-state index contributed by atoms with van der Waals surface area (Å²) >= 11 is 0. The van der Waals surface area contributed by atoms with E-state index in [-0.39, 0.29) is 22.7 Å². The molecular formula is C24H20F3NO6. The van der Waals surface area contributed by atoms with E-state index in [1.54, 1.807) is 24.3 Å². The molecule has 0 bridgehead atoms. The van der Waals surface area contributed by atoms with Crippen molar-refractivity contribution in [3.63, 3.8) is 0 Å². The van der Waals surface area contributed by atoms with Crippen molar-refractivity contribution in [2.45, 2.75) is 6.18 Å². The van der Waals surface area contributed by atoms with Gasteiger partial charge < -0.3 is 23.8 Å². The molecule has 10 heteroatoms. The Hall–Kier alpha value is -4.21. The zero-order valence-corrected chi connectivity index (χ0v) is 18.4. The molecule has 0 aliphatic carbocycles. The van der Waals surface area contributed by atoms with Gasteiger partial charge in [-0.05, 0) is 54.6 Å². The smallest absolute Gasteiger partial charge is 0.416 e. The van der Waals surface area contributed by atoms with E-state index in [1.807, 2.05) is 0 Å². The molecule has 1 aliphatic rings. The number of allylic oxidation sites excluding steroid dienone is 2. The van der Waals surface area contributed by atoms with Crippen LogP contribution in [0.15, 0.2) is 78.2 Å². The van der Waals surface area contributed by atoms with Crippen LogP contribution >= 0.6 is 0 Å². The lowest BCUT2D eigenvalue weighted by Gasteiger charge is -2.26. The molecule has 0 saturated heterocycles. The first-order valence-electron chi connectivity index (χ1n) is 9.77. The van der Waals surface area contributed by atoms with Crippen molar-refractivity contribution in [2.75, 3.05) is 26.2 Å². The molecule has 0 spiro atoms. The van der Waals surface area contributed by atoms with Crippen molar-refractivity contribution in [1.29, 1.82) is 0 Å². The highest BCUT2D eigenvalue weighted by atomic mass is 19.4. The minimum atomic E-state index is -4.68. The van der Waals surface area contributed by atoms with Gasteiger partial charge in [0.25, 0.3) is 0 Å². The Morgan fingerprint density at radius 2 is 1.50 bits per heavy atom. The summed E-state index contributed by atoms with van der Waals surface area (Å²) in [5, 5.41) is 0. The lowest BCUT2D eigenvalue weighted by atomic mass is 10.1. The van der Waals surface area contributed by atoms with Crippen LogP contribution in [0.3, 0.4) is 0 Å². The van der Waals surface area contributed by atoms with Gasteiger partial charge in [-0.1, -0.05) is 6.08 Å². The number of nitrogens with zero attached hydrogens (tertiary/aromatic N) is 1. The van der Waals surface area contributed by atoms with E-state index >= 15 is 0 Å². The maximum absolute atomic E-state index is 13.6. The van der Waals surface area contributed by atoms with E-state index in [1.165, 1.54) is 31.5 Å². The first kappa shape index (κ1) is 24.4. The molecule has 178 valence electrons. The molecule has 0 aromatic heterocycles. The summed E-state index contributed by atoms with van der Waals surface area (Å²) < 4.78 is 61.2. The summed E-state index contributed by atoms with van der Waals surface area (Å²) in [5.41, 5.74) is -1.71. The Morgan fingerprint density at radius 3 is 2.09 bits per heavy atom. The number of hydrogen-bond acceptors (Lipinski definition) is 7. The molecule has 3 rings (SSSR count). The third kappa shape index (κ3) is 5.22. The van der Waals surface area contributed by atoms with Gasteiger partial charge in [0.15, 0.2) is 5.75 Å². The Kier molecular flexibility index (Phi) is 7.30.